The van der Waals surface area contributed by atoms with Gasteiger partial charge < -0.3 is 9.73 Å². The summed E-state index contributed by atoms with van der Waals surface area (Å²) < 4.78 is 33.0. The quantitative estimate of drug-likeness (QED) is 0.650. The number of carbonyl (C=O) groups is 1. The van der Waals surface area contributed by atoms with Crippen LogP contribution in [0, 0.1) is 0 Å². The normalized spacial score (nSPS) is 11.1. The van der Waals surface area contributed by atoms with Gasteiger partial charge in [-0.05, 0) is 52.3 Å². The number of hydrogen-bond donors (Lipinski definition) is 2. The molecule has 0 radical (unpaired) electrons. The van der Waals surface area contributed by atoms with Gasteiger partial charge in [0.05, 0.1) is 16.3 Å². The highest BCUT2D eigenvalue weighted by Crippen LogP contribution is 2.25. The third-order valence-electron chi connectivity index (χ3n) is 3.27. The molecule has 0 spiro atoms. The van der Waals surface area contributed by atoms with Crippen LogP contribution >= 0.6 is 15.9 Å². The lowest BCUT2D eigenvalue weighted by Crippen LogP contribution is -2.16. The van der Waals surface area contributed by atoms with E-state index >= 15 is 0 Å². The zero-order valence-electron chi connectivity index (χ0n) is 12.8. The van der Waals surface area contributed by atoms with E-state index in [2.05, 4.69) is 26.0 Å². The number of furan rings is 1. The molecule has 128 valence electrons. The monoisotopic (exact) mass is 420 g/mol. The molecule has 3 rings (SSSR count). The highest BCUT2D eigenvalue weighted by Gasteiger charge is 2.17. The van der Waals surface area contributed by atoms with Gasteiger partial charge in [0, 0.05) is 0 Å². The van der Waals surface area contributed by atoms with E-state index in [1.54, 1.807) is 48.5 Å². The molecule has 0 atom stereocenters. The first kappa shape index (κ1) is 17.2. The summed E-state index contributed by atoms with van der Waals surface area (Å²) in [5.74, 6) is -0.385. The molecule has 0 aliphatic heterocycles. The third kappa shape index (κ3) is 4.09. The molecule has 0 saturated heterocycles. The Morgan fingerprint density at radius 3 is 2.16 bits per heavy atom. The van der Waals surface area contributed by atoms with Gasteiger partial charge in [0.15, 0.2) is 10.4 Å². The first-order valence-corrected chi connectivity index (χ1v) is 9.47. The predicted octanol–water partition coefficient (Wildman–Crippen LogP) is 4.10. The zero-order chi connectivity index (χ0) is 17.9. The molecule has 0 saturated carbocycles. The number of rotatable bonds is 5. The summed E-state index contributed by atoms with van der Waals surface area (Å²) in [5, 5.41) is 2.63. The van der Waals surface area contributed by atoms with E-state index in [0.717, 1.165) is 0 Å². The first-order valence-electron chi connectivity index (χ1n) is 7.19. The van der Waals surface area contributed by atoms with Crippen LogP contribution in [0.3, 0.4) is 0 Å². The van der Waals surface area contributed by atoms with Gasteiger partial charge in [-0.25, -0.2) is 8.42 Å². The molecule has 0 fully saturated rings. The van der Waals surface area contributed by atoms with Gasteiger partial charge in [-0.15, -0.1) is 0 Å². The fraction of sp³-hybridized carbons (Fsp3) is 0. The van der Waals surface area contributed by atoms with Crippen molar-refractivity contribution in [3.8, 4) is 0 Å². The summed E-state index contributed by atoms with van der Waals surface area (Å²) in [5.41, 5.74) is 0.574. The number of para-hydroxylation sites is 2. The van der Waals surface area contributed by atoms with Crippen molar-refractivity contribution in [3.05, 3.63) is 77.2 Å². The number of nitrogens with one attached hydrogen (secondary N) is 2. The van der Waals surface area contributed by atoms with Crippen LogP contribution in [-0.2, 0) is 10.0 Å². The third-order valence-corrected chi connectivity index (χ3v) is 5.08. The molecular weight excluding hydrogens is 408 g/mol. The number of carbonyl (C=O) groups excluding carboxylic acids is 1. The molecule has 6 nitrogen and oxygen atoms in total. The molecule has 1 heterocycles. The minimum Gasteiger partial charge on any atom is -0.444 e. The summed E-state index contributed by atoms with van der Waals surface area (Å²) in [6.07, 6.45) is 0. The van der Waals surface area contributed by atoms with Crippen LogP contribution in [0.15, 0.2) is 80.7 Å². The van der Waals surface area contributed by atoms with E-state index in [1.807, 2.05) is 0 Å². The maximum absolute atomic E-state index is 12.5. The van der Waals surface area contributed by atoms with E-state index in [0.29, 0.717) is 10.4 Å². The van der Waals surface area contributed by atoms with Crippen LogP contribution in [0.5, 0.6) is 0 Å². The number of hydrogen-bond acceptors (Lipinski definition) is 4. The number of anilines is 2. The average Bonchev–Trinajstić information content (AvgIpc) is 3.04. The van der Waals surface area contributed by atoms with Crippen LogP contribution in [0.2, 0.25) is 0 Å². The van der Waals surface area contributed by atoms with E-state index in [1.165, 1.54) is 18.2 Å². The Morgan fingerprint density at radius 1 is 0.880 bits per heavy atom. The van der Waals surface area contributed by atoms with Crippen LogP contribution in [0.4, 0.5) is 11.4 Å². The molecule has 1 aromatic heterocycles. The van der Waals surface area contributed by atoms with Crippen molar-refractivity contribution in [2.24, 2.45) is 0 Å². The Bertz CT molecular complexity index is 1000. The Balaban J connectivity index is 1.85. The standard InChI is InChI=1S/C17H13BrN2O4S/c18-16-11-10-15(24-16)17(21)19-13-8-4-5-9-14(13)20-25(22,23)12-6-2-1-3-7-12/h1-11,20H,(H,19,21). The van der Waals surface area contributed by atoms with Crippen molar-refractivity contribution in [2.45, 2.75) is 4.90 Å². The smallest absolute Gasteiger partial charge is 0.291 e. The summed E-state index contributed by atoms with van der Waals surface area (Å²) in [6, 6.07) is 17.6. The largest absolute Gasteiger partial charge is 0.444 e. The SMILES string of the molecule is O=C(Nc1ccccc1NS(=O)(=O)c1ccccc1)c1ccc(Br)o1. The van der Waals surface area contributed by atoms with Crippen molar-refractivity contribution in [3.63, 3.8) is 0 Å². The summed E-state index contributed by atoms with van der Waals surface area (Å²) in [4.78, 5) is 12.3. The molecule has 25 heavy (non-hydrogen) atoms. The average molecular weight is 421 g/mol. The molecule has 1 amide bonds. The topological polar surface area (TPSA) is 88.4 Å². The lowest BCUT2D eigenvalue weighted by atomic mass is 10.2. The molecule has 0 bridgehead atoms. The highest BCUT2D eigenvalue weighted by molar-refractivity contribution is 9.10. The fourth-order valence-electron chi connectivity index (χ4n) is 2.10. The number of amides is 1. The van der Waals surface area contributed by atoms with Crippen molar-refractivity contribution in [2.75, 3.05) is 10.0 Å². The Morgan fingerprint density at radius 2 is 1.52 bits per heavy atom. The molecule has 0 aliphatic carbocycles. The van der Waals surface area contributed by atoms with Gasteiger partial charge in [0.2, 0.25) is 0 Å². The van der Waals surface area contributed by atoms with Crippen LogP contribution in [-0.4, -0.2) is 14.3 Å². The molecule has 3 aromatic rings. The second-order valence-corrected chi connectivity index (χ2v) is 7.49. The number of benzene rings is 2. The molecule has 2 N–H and O–H groups in total. The second-order valence-electron chi connectivity index (χ2n) is 5.02. The van der Waals surface area contributed by atoms with Crippen LogP contribution in [0.1, 0.15) is 10.6 Å². The molecule has 8 heteroatoms. The van der Waals surface area contributed by atoms with Gasteiger partial charge in [0.25, 0.3) is 15.9 Å². The maximum Gasteiger partial charge on any atom is 0.291 e. The van der Waals surface area contributed by atoms with Crippen LogP contribution < -0.4 is 10.0 Å². The first-order chi connectivity index (χ1) is 12.0. The van der Waals surface area contributed by atoms with Crippen LogP contribution in [0.25, 0.3) is 0 Å². The van der Waals surface area contributed by atoms with E-state index in [-0.39, 0.29) is 16.3 Å². The minimum atomic E-state index is -3.76. The van der Waals surface area contributed by atoms with Gasteiger partial charge in [0.1, 0.15) is 0 Å². The Labute approximate surface area is 153 Å². The predicted molar refractivity (Wildman–Crippen MR) is 98.1 cm³/mol. The summed E-state index contributed by atoms with van der Waals surface area (Å²) >= 11 is 3.13. The summed E-state index contributed by atoms with van der Waals surface area (Å²) in [7, 11) is -3.76. The van der Waals surface area contributed by atoms with Crippen molar-refractivity contribution >= 4 is 43.2 Å². The molecule has 0 unspecified atom stereocenters. The van der Waals surface area contributed by atoms with Gasteiger partial charge in [-0.2, -0.15) is 0 Å². The number of halogens is 1. The fourth-order valence-corrected chi connectivity index (χ4v) is 3.51. The zero-order valence-corrected chi connectivity index (χ0v) is 15.2. The van der Waals surface area contributed by atoms with Gasteiger partial charge >= 0.3 is 0 Å². The molecule has 0 aliphatic rings. The highest BCUT2D eigenvalue weighted by atomic mass is 79.9. The second kappa shape index (κ2) is 7.12. The molecule has 2 aromatic carbocycles. The van der Waals surface area contributed by atoms with Crippen molar-refractivity contribution in [1.29, 1.82) is 0 Å². The lowest BCUT2D eigenvalue weighted by molar-refractivity contribution is 0.0995. The lowest BCUT2D eigenvalue weighted by Gasteiger charge is -2.13. The number of sulfonamides is 1. The maximum atomic E-state index is 12.5. The van der Waals surface area contributed by atoms with E-state index in [4.69, 9.17) is 4.42 Å². The van der Waals surface area contributed by atoms with Gasteiger partial charge in [-0.3, -0.25) is 9.52 Å². The van der Waals surface area contributed by atoms with Crippen molar-refractivity contribution < 1.29 is 17.6 Å². The molecular formula is C17H13BrN2O4S. The van der Waals surface area contributed by atoms with Gasteiger partial charge in [-0.1, -0.05) is 30.3 Å². The van der Waals surface area contributed by atoms with E-state index < -0.39 is 15.9 Å². The van der Waals surface area contributed by atoms with E-state index in [9.17, 15) is 13.2 Å². The van der Waals surface area contributed by atoms with Crippen molar-refractivity contribution in [1.82, 2.24) is 0 Å². The minimum absolute atomic E-state index is 0.104. The summed E-state index contributed by atoms with van der Waals surface area (Å²) in [6.45, 7) is 0. The Hall–Kier alpha value is -2.58. The Kier molecular flexibility index (Phi) is 4.91.